The highest BCUT2D eigenvalue weighted by Gasteiger charge is 2.10. The van der Waals surface area contributed by atoms with Gasteiger partial charge in [-0.2, -0.15) is 0 Å². The van der Waals surface area contributed by atoms with Crippen molar-refractivity contribution in [1.29, 1.82) is 0 Å². The normalized spacial score (nSPS) is 20.9. The molecule has 0 radical (unpaired) electrons. The predicted octanol–water partition coefficient (Wildman–Crippen LogP) is 3.91. The van der Waals surface area contributed by atoms with Crippen LogP contribution in [0, 0.1) is 5.92 Å². The monoisotopic (exact) mass is 202 g/mol. The molecule has 15 heavy (non-hydrogen) atoms. The summed E-state index contributed by atoms with van der Waals surface area (Å²) in [4.78, 5) is 0. The van der Waals surface area contributed by atoms with Crippen LogP contribution in [0.2, 0.25) is 0 Å². The second-order valence-electron chi connectivity index (χ2n) is 4.28. The van der Waals surface area contributed by atoms with Gasteiger partial charge in [0.05, 0.1) is 5.76 Å². The van der Waals surface area contributed by atoms with Gasteiger partial charge in [0.2, 0.25) is 0 Å². The molecule has 0 saturated heterocycles. The molecule has 0 spiro atoms. The predicted molar refractivity (Wildman–Crippen MR) is 62.3 cm³/mol. The summed E-state index contributed by atoms with van der Waals surface area (Å²) in [6.45, 7) is 2.96. The number of benzene rings is 1. The Hall–Kier alpha value is -1.24. The Morgan fingerprint density at radius 3 is 2.80 bits per heavy atom. The van der Waals surface area contributed by atoms with E-state index in [1.807, 2.05) is 6.07 Å². The van der Waals surface area contributed by atoms with Crippen LogP contribution in [-0.4, -0.2) is 0 Å². The van der Waals surface area contributed by atoms with Crippen LogP contribution in [0.1, 0.15) is 31.7 Å². The third-order valence-electron chi connectivity index (χ3n) is 2.82. The van der Waals surface area contributed by atoms with Gasteiger partial charge < -0.3 is 4.74 Å². The highest BCUT2D eigenvalue weighted by atomic mass is 16.5. The Bertz CT molecular complexity index is 326. The fourth-order valence-electron chi connectivity index (χ4n) is 1.95. The number of rotatable bonds is 3. The van der Waals surface area contributed by atoms with Gasteiger partial charge in [-0.15, -0.1) is 0 Å². The van der Waals surface area contributed by atoms with E-state index in [4.69, 9.17) is 4.74 Å². The molecule has 0 bridgehead atoms. The topological polar surface area (TPSA) is 9.23 Å². The molecular formula is C14H18O. The zero-order chi connectivity index (χ0) is 10.5. The van der Waals surface area contributed by atoms with E-state index in [0.717, 1.165) is 6.42 Å². The van der Waals surface area contributed by atoms with Crippen LogP contribution in [0.15, 0.2) is 42.2 Å². The summed E-state index contributed by atoms with van der Waals surface area (Å²) in [7, 11) is 0. The largest absolute Gasteiger partial charge is 0.494 e. The first-order valence-corrected chi connectivity index (χ1v) is 5.72. The summed E-state index contributed by atoms with van der Waals surface area (Å²) < 4.78 is 5.80. The molecule has 0 unspecified atom stereocenters. The van der Waals surface area contributed by atoms with Crippen molar-refractivity contribution in [3.05, 3.63) is 47.7 Å². The van der Waals surface area contributed by atoms with Gasteiger partial charge in [0.1, 0.15) is 6.61 Å². The second-order valence-corrected chi connectivity index (χ2v) is 4.28. The minimum atomic E-state index is 0.685. The van der Waals surface area contributed by atoms with Crippen molar-refractivity contribution in [2.24, 2.45) is 5.92 Å². The second kappa shape index (κ2) is 5.01. The van der Waals surface area contributed by atoms with E-state index in [0.29, 0.717) is 12.5 Å². The molecule has 0 amide bonds. The molecule has 0 aliphatic heterocycles. The van der Waals surface area contributed by atoms with Crippen molar-refractivity contribution in [3.63, 3.8) is 0 Å². The number of allylic oxidation sites excluding steroid dienone is 2. The molecule has 0 saturated carbocycles. The third-order valence-corrected chi connectivity index (χ3v) is 2.82. The van der Waals surface area contributed by atoms with Gasteiger partial charge >= 0.3 is 0 Å². The molecule has 1 aromatic rings. The summed E-state index contributed by atoms with van der Waals surface area (Å²) >= 11 is 0. The zero-order valence-electron chi connectivity index (χ0n) is 9.28. The minimum Gasteiger partial charge on any atom is -0.494 e. The van der Waals surface area contributed by atoms with E-state index in [-0.39, 0.29) is 0 Å². The zero-order valence-corrected chi connectivity index (χ0v) is 9.28. The van der Waals surface area contributed by atoms with E-state index >= 15 is 0 Å². The van der Waals surface area contributed by atoms with Crippen LogP contribution in [0.4, 0.5) is 0 Å². The first kappa shape index (κ1) is 10.3. The number of hydrogen-bond donors (Lipinski definition) is 0. The Morgan fingerprint density at radius 1 is 1.27 bits per heavy atom. The van der Waals surface area contributed by atoms with E-state index in [1.54, 1.807) is 0 Å². The minimum absolute atomic E-state index is 0.685. The Labute approximate surface area is 91.8 Å². The lowest BCUT2D eigenvalue weighted by Crippen LogP contribution is -2.03. The average Bonchev–Trinajstić information content (AvgIpc) is 2.28. The smallest absolute Gasteiger partial charge is 0.113 e. The Kier molecular flexibility index (Phi) is 3.44. The molecule has 1 heteroatoms. The van der Waals surface area contributed by atoms with Gasteiger partial charge in [-0.05, 0) is 30.4 Å². The van der Waals surface area contributed by atoms with Crippen LogP contribution in [0.3, 0.4) is 0 Å². The van der Waals surface area contributed by atoms with Crippen LogP contribution in [0.5, 0.6) is 0 Å². The summed E-state index contributed by atoms with van der Waals surface area (Å²) in [5.41, 5.74) is 1.25. The molecule has 0 aromatic heterocycles. The van der Waals surface area contributed by atoms with E-state index in [1.165, 1.54) is 24.2 Å². The highest BCUT2D eigenvalue weighted by molar-refractivity contribution is 5.14. The third kappa shape index (κ3) is 3.12. The van der Waals surface area contributed by atoms with E-state index in [9.17, 15) is 0 Å². The molecule has 0 fully saturated rings. The van der Waals surface area contributed by atoms with Gasteiger partial charge in [0.25, 0.3) is 0 Å². The van der Waals surface area contributed by atoms with Crippen molar-refractivity contribution < 1.29 is 4.74 Å². The Balaban J connectivity index is 1.88. The van der Waals surface area contributed by atoms with Crippen LogP contribution in [-0.2, 0) is 11.3 Å². The van der Waals surface area contributed by atoms with Gasteiger partial charge in [0, 0.05) is 6.42 Å². The summed E-state index contributed by atoms with van der Waals surface area (Å²) in [5.74, 6) is 1.86. The van der Waals surface area contributed by atoms with Crippen molar-refractivity contribution in [1.82, 2.24) is 0 Å². The first-order chi connectivity index (χ1) is 7.34. The summed E-state index contributed by atoms with van der Waals surface area (Å²) in [5, 5.41) is 0. The quantitative estimate of drug-likeness (QED) is 0.722. The molecule has 1 aromatic carbocycles. The average molecular weight is 202 g/mol. The molecule has 80 valence electrons. The maximum absolute atomic E-state index is 5.80. The van der Waals surface area contributed by atoms with Crippen LogP contribution in [0.25, 0.3) is 0 Å². The molecular weight excluding hydrogens is 184 g/mol. The maximum atomic E-state index is 5.80. The summed E-state index contributed by atoms with van der Waals surface area (Å²) in [6, 6.07) is 10.3. The van der Waals surface area contributed by atoms with Crippen LogP contribution >= 0.6 is 0 Å². The van der Waals surface area contributed by atoms with Gasteiger partial charge in [0.15, 0.2) is 0 Å². The number of ether oxygens (including phenoxy) is 1. The summed E-state index contributed by atoms with van der Waals surface area (Å²) in [6.07, 6.45) is 5.95. The number of hydrogen-bond acceptors (Lipinski definition) is 1. The fourth-order valence-corrected chi connectivity index (χ4v) is 1.95. The molecule has 1 atom stereocenters. The van der Waals surface area contributed by atoms with E-state index in [2.05, 4.69) is 37.3 Å². The first-order valence-electron chi connectivity index (χ1n) is 5.72. The van der Waals surface area contributed by atoms with Gasteiger partial charge in [-0.25, -0.2) is 0 Å². The molecule has 0 heterocycles. The standard InChI is InChI=1S/C14H18O/c1-12-6-5-9-14(10-12)15-11-13-7-3-2-4-8-13/h2-4,7-8,10,12H,5-6,9,11H2,1H3/t12-/m0/s1. The van der Waals surface area contributed by atoms with E-state index < -0.39 is 0 Å². The van der Waals surface area contributed by atoms with Crippen LogP contribution < -0.4 is 0 Å². The maximum Gasteiger partial charge on any atom is 0.113 e. The van der Waals surface area contributed by atoms with Gasteiger partial charge in [-0.3, -0.25) is 0 Å². The lowest BCUT2D eigenvalue weighted by Gasteiger charge is -2.18. The highest BCUT2D eigenvalue weighted by Crippen LogP contribution is 2.23. The SMILES string of the molecule is C[C@@H]1C=C(OCc2ccccc2)CCC1. The molecule has 2 rings (SSSR count). The van der Waals surface area contributed by atoms with Gasteiger partial charge in [-0.1, -0.05) is 37.3 Å². The lowest BCUT2D eigenvalue weighted by molar-refractivity contribution is 0.178. The van der Waals surface area contributed by atoms with Crippen molar-refractivity contribution in [3.8, 4) is 0 Å². The fraction of sp³-hybridized carbons (Fsp3) is 0.429. The van der Waals surface area contributed by atoms with Crippen molar-refractivity contribution in [2.75, 3.05) is 0 Å². The lowest BCUT2D eigenvalue weighted by atomic mass is 9.96. The molecule has 1 aliphatic carbocycles. The van der Waals surface area contributed by atoms with Crippen molar-refractivity contribution >= 4 is 0 Å². The molecule has 0 N–H and O–H groups in total. The van der Waals surface area contributed by atoms with Crippen molar-refractivity contribution in [2.45, 2.75) is 32.8 Å². The molecule has 1 nitrogen and oxygen atoms in total. The Morgan fingerprint density at radius 2 is 2.07 bits per heavy atom. The molecule has 1 aliphatic rings.